The van der Waals surface area contributed by atoms with Gasteiger partial charge in [-0.25, -0.2) is 4.79 Å². The Bertz CT molecular complexity index is 395. The third-order valence-corrected chi connectivity index (χ3v) is 2.18. The van der Waals surface area contributed by atoms with E-state index in [0.29, 0.717) is 5.57 Å². The summed E-state index contributed by atoms with van der Waals surface area (Å²) in [6.45, 7) is 7.37. The number of carbonyl (C=O) groups is 1. The van der Waals surface area contributed by atoms with E-state index >= 15 is 0 Å². The van der Waals surface area contributed by atoms with Crippen molar-refractivity contribution in [3.05, 3.63) is 23.6 Å². The van der Waals surface area contributed by atoms with Crippen LogP contribution < -0.4 is 5.73 Å². The van der Waals surface area contributed by atoms with E-state index in [9.17, 15) is 4.79 Å². The molecule has 0 saturated heterocycles. The third kappa shape index (κ3) is 4.90. The SMILES string of the molecule is C=C(C)/C(C)=C(\N=C(/N)N(C)C)OC(=O)N(C)C. The van der Waals surface area contributed by atoms with E-state index in [2.05, 4.69) is 11.6 Å². The molecule has 6 nitrogen and oxygen atoms in total. The zero-order valence-electron chi connectivity index (χ0n) is 11.9. The van der Waals surface area contributed by atoms with Gasteiger partial charge < -0.3 is 20.3 Å². The number of hydrogen-bond acceptors (Lipinski definition) is 3. The quantitative estimate of drug-likeness (QED) is 0.357. The summed E-state index contributed by atoms with van der Waals surface area (Å²) >= 11 is 0. The summed E-state index contributed by atoms with van der Waals surface area (Å²) in [6, 6.07) is 0. The summed E-state index contributed by atoms with van der Waals surface area (Å²) < 4.78 is 5.17. The van der Waals surface area contributed by atoms with Crippen LogP contribution in [0, 0.1) is 0 Å². The van der Waals surface area contributed by atoms with Gasteiger partial charge in [0.1, 0.15) is 0 Å². The molecule has 0 unspecified atom stereocenters. The Hall–Kier alpha value is -1.98. The molecule has 0 radical (unpaired) electrons. The van der Waals surface area contributed by atoms with Crippen LogP contribution in [0.1, 0.15) is 13.8 Å². The molecule has 0 aliphatic carbocycles. The maximum absolute atomic E-state index is 11.5. The molecule has 0 bridgehead atoms. The molecule has 0 aliphatic heterocycles. The first kappa shape index (κ1) is 16.0. The van der Waals surface area contributed by atoms with Gasteiger partial charge in [-0.05, 0) is 13.8 Å². The smallest absolute Gasteiger partial charge is 0.391 e. The van der Waals surface area contributed by atoms with Gasteiger partial charge in [0.2, 0.25) is 5.88 Å². The number of hydrogen-bond donors (Lipinski definition) is 1. The predicted octanol–water partition coefficient (Wildman–Crippen LogP) is 1.37. The molecule has 0 aromatic rings. The molecule has 0 saturated carbocycles. The van der Waals surface area contributed by atoms with Crippen LogP contribution in [-0.4, -0.2) is 50.0 Å². The van der Waals surface area contributed by atoms with Crippen LogP contribution in [0.25, 0.3) is 0 Å². The molecule has 0 heterocycles. The minimum Gasteiger partial charge on any atom is -0.391 e. The van der Waals surface area contributed by atoms with Gasteiger partial charge in [0.15, 0.2) is 5.96 Å². The molecular formula is C12H22N4O2. The van der Waals surface area contributed by atoms with Gasteiger partial charge in [0.05, 0.1) is 0 Å². The summed E-state index contributed by atoms with van der Waals surface area (Å²) in [5.41, 5.74) is 7.15. The maximum Gasteiger partial charge on any atom is 0.416 e. The average Bonchev–Trinajstić information content (AvgIpc) is 2.26. The van der Waals surface area contributed by atoms with Crippen molar-refractivity contribution in [1.29, 1.82) is 0 Å². The van der Waals surface area contributed by atoms with Crippen molar-refractivity contribution in [2.75, 3.05) is 28.2 Å². The lowest BCUT2D eigenvalue weighted by Crippen LogP contribution is -2.31. The highest BCUT2D eigenvalue weighted by molar-refractivity contribution is 5.79. The van der Waals surface area contributed by atoms with Gasteiger partial charge in [0, 0.05) is 33.8 Å². The van der Waals surface area contributed by atoms with E-state index in [0.717, 1.165) is 5.57 Å². The van der Waals surface area contributed by atoms with Gasteiger partial charge >= 0.3 is 6.09 Å². The summed E-state index contributed by atoms with van der Waals surface area (Å²) in [4.78, 5) is 18.6. The highest BCUT2D eigenvalue weighted by atomic mass is 16.6. The van der Waals surface area contributed by atoms with Gasteiger partial charge in [-0.3, -0.25) is 0 Å². The molecule has 0 atom stereocenters. The van der Waals surface area contributed by atoms with Crippen molar-refractivity contribution in [2.45, 2.75) is 13.8 Å². The number of allylic oxidation sites excluding steroid dienone is 2. The van der Waals surface area contributed by atoms with Crippen molar-refractivity contribution in [1.82, 2.24) is 9.80 Å². The molecular weight excluding hydrogens is 232 g/mol. The number of rotatable bonds is 3. The molecule has 6 heteroatoms. The zero-order chi connectivity index (χ0) is 14.5. The molecule has 0 aromatic heterocycles. The molecule has 0 rings (SSSR count). The number of carbonyl (C=O) groups excluding carboxylic acids is 1. The molecule has 0 aliphatic rings. The van der Waals surface area contributed by atoms with Gasteiger partial charge in [-0.1, -0.05) is 12.2 Å². The summed E-state index contributed by atoms with van der Waals surface area (Å²) in [7, 11) is 6.69. The fraction of sp³-hybridized carbons (Fsp3) is 0.500. The third-order valence-electron chi connectivity index (χ3n) is 2.18. The van der Waals surface area contributed by atoms with Crippen LogP contribution in [0.3, 0.4) is 0 Å². The van der Waals surface area contributed by atoms with Crippen LogP contribution in [0.15, 0.2) is 28.6 Å². The molecule has 2 N–H and O–H groups in total. The van der Waals surface area contributed by atoms with Crippen molar-refractivity contribution in [3.63, 3.8) is 0 Å². The second-order valence-electron chi connectivity index (χ2n) is 4.34. The minimum atomic E-state index is -0.513. The van der Waals surface area contributed by atoms with E-state index in [1.165, 1.54) is 4.90 Å². The summed E-state index contributed by atoms with van der Waals surface area (Å²) in [5.74, 6) is 0.407. The van der Waals surface area contributed by atoms with Gasteiger partial charge in [-0.2, -0.15) is 4.99 Å². The molecule has 102 valence electrons. The number of nitrogens with two attached hydrogens (primary N) is 1. The highest BCUT2D eigenvalue weighted by Crippen LogP contribution is 2.15. The van der Waals surface area contributed by atoms with Crippen molar-refractivity contribution < 1.29 is 9.53 Å². The van der Waals surface area contributed by atoms with Crippen LogP contribution in [0.5, 0.6) is 0 Å². The Kier molecular flexibility index (Phi) is 5.95. The van der Waals surface area contributed by atoms with Gasteiger partial charge in [0.25, 0.3) is 0 Å². The predicted molar refractivity (Wildman–Crippen MR) is 73.0 cm³/mol. The van der Waals surface area contributed by atoms with Gasteiger partial charge in [-0.15, -0.1) is 0 Å². The Balaban J connectivity index is 5.35. The van der Waals surface area contributed by atoms with Crippen LogP contribution in [0.4, 0.5) is 4.79 Å². The topological polar surface area (TPSA) is 71.2 Å². The van der Waals surface area contributed by atoms with E-state index in [1.807, 2.05) is 0 Å². The van der Waals surface area contributed by atoms with Crippen LogP contribution in [0.2, 0.25) is 0 Å². The fourth-order valence-corrected chi connectivity index (χ4v) is 0.744. The largest absolute Gasteiger partial charge is 0.416 e. The second kappa shape index (κ2) is 6.68. The molecule has 1 amide bonds. The molecule has 0 spiro atoms. The average molecular weight is 254 g/mol. The number of guanidine groups is 1. The van der Waals surface area contributed by atoms with E-state index in [4.69, 9.17) is 10.5 Å². The van der Waals surface area contributed by atoms with E-state index in [-0.39, 0.29) is 11.8 Å². The summed E-state index contributed by atoms with van der Waals surface area (Å²) in [6.07, 6.45) is -0.513. The van der Waals surface area contributed by atoms with Crippen LogP contribution in [-0.2, 0) is 4.74 Å². The Morgan fingerprint density at radius 2 is 1.67 bits per heavy atom. The first-order valence-electron chi connectivity index (χ1n) is 5.44. The maximum atomic E-state index is 11.5. The first-order chi connectivity index (χ1) is 8.16. The number of aliphatic imine (C=N–C) groups is 1. The molecule has 0 fully saturated rings. The van der Waals surface area contributed by atoms with E-state index < -0.39 is 6.09 Å². The fourth-order valence-electron chi connectivity index (χ4n) is 0.744. The molecule has 0 aromatic carbocycles. The molecule has 18 heavy (non-hydrogen) atoms. The van der Waals surface area contributed by atoms with Crippen molar-refractivity contribution in [2.24, 2.45) is 10.7 Å². The lowest BCUT2D eigenvalue weighted by molar-refractivity contribution is 0.145. The number of ether oxygens (including phenoxy) is 1. The zero-order valence-corrected chi connectivity index (χ0v) is 11.9. The number of amides is 1. The van der Waals surface area contributed by atoms with Crippen molar-refractivity contribution in [3.8, 4) is 0 Å². The van der Waals surface area contributed by atoms with Crippen LogP contribution >= 0.6 is 0 Å². The standard InChI is InChI=1S/C12H22N4O2/c1-8(2)9(3)10(14-11(13)15(4)5)18-12(17)16(6)7/h1H2,2-7H3,(H2,13,14)/b10-9+. The Morgan fingerprint density at radius 1 is 1.17 bits per heavy atom. The lowest BCUT2D eigenvalue weighted by Gasteiger charge is -2.15. The monoisotopic (exact) mass is 254 g/mol. The lowest BCUT2D eigenvalue weighted by atomic mass is 10.2. The normalized spacial score (nSPS) is 12.7. The summed E-state index contributed by atoms with van der Waals surface area (Å²) in [5, 5.41) is 0. The van der Waals surface area contributed by atoms with E-state index in [1.54, 1.807) is 46.9 Å². The number of nitrogens with zero attached hydrogens (tertiary/aromatic N) is 3. The minimum absolute atomic E-state index is 0.160. The second-order valence-corrected chi connectivity index (χ2v) is 4.34. The Labute approximate surface area is 108 Å². The first-order valence-corrected chi connectivity index (χ1v) is 5.44. The Morgan fingerprint density at radius 3 is 2.00 bits per heavy atom. The highest BCUT2D eigenvalue weighted by Gasteiger charge is 2.13. The van der Waals surface area contributed by atoms with Crippen molar-refractivity contribution >= 4 is 12.1 Å².